The molecular formula is C21H23FN6. The lowest BCUT2D eigenvalue weighted by molar-refractivity contribution is 0.575. The molecule has 2 atom stereocenters. The number of rotatable bonds is 0. The summed E-state index contributed by atoms with van der Waals surface area (Å²) in [4.78, 5) is 9.53. The van der Waals surface area contributed by atoms with Crippen LogP contribution in [-0.4, -0.2) is 32.1 Å². The Morgan fingerprint density at radius 1 is 1.39 bits per heavy atom. The van der Waals surface area contributed by atoms with Gasteiger partial charge in [0.05, 0.1) is 24.0 Å². The van der Waals surface area contributed by atoms with Crippen LogP contribution < -0.4 is 10.2 Å². The minimum Gasteiger partial charge on any atom is -0.382 e. The highest BCUT2D eigenvalue weighted by molar-refractivity contribution is 5.74. The number of anilines is 1. The van der Waals surface area contributed by atoms with Gasteiger partial charge in [-0.25, -0.2) is 13.9 Å². The van der Waals surface area contributed by atoms with E-state index in [0.29, 0.717) is 5.56 Å². The maximum atomic E-state index is 14.5. The molecule has 7 heteroatoms. The largest absolute Gasteiger partial charge is 0.382 e. The second kappa shape index (κ2) is 6.58. The summed E-state index contributed by atoms with van der Waals surface area (Å²) in [6.45, 7) is 2.75. The van der Waals surface area contributed by atoms with Gasteiger partial charge in [0.1, 0.15) is 11.6 Å². The Hall–Kier alpha value is -2.96. The van der Waals surface area contributed by atoms with Crippen LogP contribution >= 0.6 is 0 Å². The summed E-state index contributed by atoms with van der Waals surface area (Å²) < 4.78 is 85.2. The van der Waals surface area contributed by atoms with Gasteiger partial charge < -0.3 is 10.2 Å². The second-order valence-corrected chi connectivity index (χ2v) is 6.70. The van der Waals surface area contributed by atoms with E-state index in [9.17, 15) is 4.39 Å². The van der Waals surface area contributed by atoms with Crippen LogP contribution in [0, 0.1) is 5.82 Å². The van der Waals surface area contributed by atoms with Crippen molar-refractivity contribution in [2.45, 2.75) is 44.5 Å². The highest BCUT2D eigenvalue weighted by atomic mass is 19.1. The van der Waals surface area contributed by atoms with E-state index in [1.165, 1.54) is 29.9 Å². The monoisotopic (exact) mass is 386 g/mol. The molecule has 0 aliphatic carbocycles. The minimum absolute atomic E-state index is 0.0134. The fourth-order valence-electron chi connectivity index (χ4n) is 3.43. The molecule has 5 heterocycles. The van der Waals surface area contributed by atoms with Crippen LogP contribution in [0.1, 0.15) is 59.9 Å². The molecule has 2 aliphatic heterocycles. The van der Waals surface area contributed by atoms with E-state index >= 15 is 0 Å². The van der Waals surface area contributed by atoms with Crippen molar-refractivity contribution in [2.75, 3.05) is 11.4 Å². The van der Waals surface area contributed by atoms with E-state index in [4.69, 9.17) is 11.0 Å². The van der Waals surface area contributed by atoms with Crippen molar-refractivity contribution in [2.24, 2.45) is 0 Å². The molecule has 6 nitrogen and oxygen atoms in total. The Labute approximate surface area is 174 Å². The van der Waals surface area contributed by atoms with Crippen molar-refractivity contribution in [1.29, 1.82) is 0 Å². The van der Waals surface area contributed by atoms with Crippen LogP contribution in [0.3, 0.4) is 0 Å². The first-order valence-corrected chi connectivity index (χ1v) is 8.85. The predicted molar refractivity (Wildman–Crippen MR) is 106 cm³/mol. The Kier molecular flexibility index (Phi) is 2.48. The standard InChI is InChI=1S/C21H23FN6/c1-13-5-6-18-16(10-15(22)11-23-18)19-4-3-8-27(19)20-7-9-28-21(26-20)17(12-24-28)14(2)25-13/h7,9-13,19,25H,2-6,8H2,1H3/t13-,19?/m1/s1/i3D2,5D2,6D2,8D2. The Morgan fingerprint density at radius 3 is 3.18 bits per heavy atom. The molecule has 144 valence electrons. The first kappa shape index (κ1) is 10.5. The quantitative estimate of drug-likeness (QED) is 0.641. The van der Waals surface area contributed by atoms with Gasteiger partial charge in [-0.05, 0) is 50.2 Å². The van der Waals surface area contributed by atoms with E-state index in [2.05, 4.69) is 27.0 Å². The van der Waals surface area contributed by atoms with Gasteiger partial charge in [0.15, 0.2) is 5.65 Å². The molecule has 1 fully saturated rings. The third-order valence-electron chi connectivity index (χ3n) is 4.77. The number of nitrogens with one attached hydrogen (secondary N) is 1. The number of pyridine rings is 1. The topological polar surface area (TPSA) is 58.4 Å². The summed E-state index contributed by atoms with van der Waals surface area (Å²) in [5.41, 5.74) is 0.236. The van der Waals surface area contributed by atoms with Gasteiger partial charge in [0.25, 0.3) is 0 Å². The molecular weight excluding hydrogens is 355 g/mol. The van der Waals surface area contributed by atoms with Gasteiger partial charge in [-0.2, -0.15) is 5.10 Å². The number of aryl methyl sites for hydroxylation is 1. The highest BCUT2D eigenvalue weighted by Gasteiger charge is 2.30. The fourth-order valence-corrected chi connectivity index (χ4v) is 3.43. The van der Waals surface area contributed by atoms with Crippen LogP contribution in [0.2, 0.25) is 0 Å². The third-order valence-corrected chi connectivity index (χ3v) is 4.77. The lowest BCUT2D eigenvalue weighted by Gasteiger charge is -2.27. The van der Waals surface area contributed by atoms with Crippen molar-refractivity contribution < 1.29 is 15.4 Å². The Balaban J connectivity index is 1.87. The molecule has 0 radical (unpaired) electrons. The van der Waals surface area contributed by atoms with Crippen LogP contribution in [0.25, 0.3) is 11.3 Å². The van der Waals surface area contributed by atoms with Crippen molar-refractivity contribution in [3.05, 3.63) is 59.9 Å². The molecule has 2 bridgehead atoms. The van der Waals surface area contributed by atoms with Gasteiger partial charge in [0.2, 0.25) is 0 Å². The number of aromatic nitrogens is 4. The average Bonchev–Trinajstić information content (AvgIpc) is 3.28. The van der Waals surface area contributed by atoms with Gasteiger partial charge >= 0.3 is 0 Å². The maximum Gasteiger partial charge on any atom is 0.166 e. The lowest BCUT2D eigenvalue weighted by Crippen LogP contribution is -2.26. The maximum absolute atomic E-state index is 14.5. The fraction of sp³-hybridized carbons (Fsp3) is 0.381. The number of fused-ring (bicyclic) bond motifs is 5. The Morgan fingerprint density at radius 2 is 2.29 bits per heavy atom. The smallest absolute Gasteiger partial charge is 0.166 e. The van der Waals surface area contributed by atoms with Crippen LogP contribution in [-0.2, 0) is 6.37 Å². The molecule has 1 saturated heterocycles. The molecule has 3 aromatic rings. The van der Waals surface area contributed by atoms with E-state index in [0.717, 1.165) is 17.2 Å². The molecule has 0 spiro atoms. The zero-order chi connectivity index (χ0) is 26.4. The molecule has 1 N–H and O–H groups in total. The van der Waals surface area contributed by atoms with Crippen molar-refractivity contribution in [3.8, 4) is 0 Å². The molecule has 3 aromatic heterocycles. The molecule has 28 heavy (non-hydrogen) atoms. The highest BCUT2D eigenvalue weighted by Crippen LogP contribution is 2.37. The van der Waals surface area contributed by atoms with E-state index in [-0.39, 0.29) is 22.7 Å². The first-order valence-electron chi connectivity index (χ1n) is 12.8. The first-order chi connectivity index (χ1) is 16.6. The molecule has 5 rings (SSSR count). The third kappa shape index (κ3) is 2.82. The molecule has 0 saturated carbocycles. The van der Waals surface area contributed by atoms with Gasteiger partial charge in [0, 0.05) is 41.1 Å². The molecule has 2 aliphatic rings. The van der Waals surface area contributed by atoms with Crippen molar-refractivity contribution >= 4 is 17.2 Å². The summed E-state index contributed by atoms with van der Waals surface area (Å²) in [5, 5.41) is 7.10. The molecule has 0 aromatic carbocycles. The SMILES string of the molecule is [2H]C1([2H])CC2c3cc(F)cnc3C([2H])([2H])C([2H])([2H])[C@@H](C)NC(=C)c3cnn4ccc(nc34)N2C1([2H])[2H]. The second-order valence-electron chi connectivity index (χ2n) is 6.70. The van der Waals surface area contributed by atoms with Crippen molar-refractivity contribution in [3.63, 3.8) is 0 Å². The van der Waals surface area contributed by atoms with E-state index in [1.54, 1.807) is 0 Å². The minimum atomic E-state index is -2.80. The summed E-state index contributed by atoms with van der Waals surface area (Å²) in [6, 6.07) is 0.00311. The number of halogens is 1. The van der Waals surface area contributed by atoms with Crippen LogP contribution in [0.4, 0.5) is 10.2 Å². The van der Waals surface area contributed by atoms with E-state index in [1.807, 2.05) is 0 Å². The van der Waals surface area contributed by atoms with Gasteiger partial charge in [-0.1, -0.05) is 6.58 Å². The van der Waals surface area contributed by atoms with Gasteiger partial charge in [-0.15, -0.1) is 0 Å². The molecule has 1 unspecified atom stereocenters. The normalized spacial score (nSPS) is 33.6. The zero-order valence-electron chi connectivity index (χ0n) is 23.1. The average molecular weight is 387 g/mol. The number of hydrogen-bond acceptors (Lipinski definition) is 5. The van der Waals surface area contributed by atoms with Crippen molar-refractivity contribution in [1.82, 2.24) is 24.9 Å². The summed E-state index contributed by atoms with van der Waals surface area (Å²) in [5.74, 6) is -0.831. The zero-order valence-corrected chi connectivity index (χ0v) is 15.1. The summed E-state index contributed by atoms with van der Waals surface area (Å²) in [6.07, 6.45) is -4.61. The number of hydrogen-bond donors (Lipinski definition) is 1. The van der Waals surface area contributed by atoms with Crippen LogP contribution in [0.5, 0.6) is 0 Å². The predicted octanol–water partition coefficient (Wildman–Crippen LogP) is 3.50. The summed E-state index contributed by atoms with van der Waals surface area (Å²) >= 11 is 0. The Bertz CT molecular complexity index is 1390. The lowest BCUT2D eigenvalue weighted by atomic mass is 9.98. The van der Waals surface area contributed by atoms with Gasteiger partial charge in [-0.3, -0.25) is 4.98 Å². The molecule has 0 amide bonds. The number of nitrogens with zero attached hydrogens (tertiary/aromatic N) is 5. The van der Waals surface area contributed by atoms with Crippen LogP contribution in [0.15, 0.2) is 37.3 Å². The summed E-state index contributed by atoms with van der Waals surface area (Å²) in [7, 11) is 0. The van der Waals surface area contributed by atoms with E-state index < -0.39 is 55.6 Å².